The molecule has 4 aliphatic rings. The van der Waals surface area contributed by atoms with Gasteiger partial charge in [-0.3, -0.25) is 14.4 Å². The van der Waals surface area contributed by atoms with Crippen molar-refractivity contribution < 1.29 is 40.6 Å². The highest BCUT2D eigenvalue weighted by atomic mass is 35.5. The Morgan fingerprint density at radius 3 is 2.63 bits per heavy atom. The molecule has 0 bridgehead atoms. The first-order chi connectivity index (χ1) is 24.6. The Morgan fingerprint density at radius 1 is 1.15 bits per heavy atom. The number of ether oxygens (including phenoxy) is 2. The molecule has 0 aliphatic carbocycles. The molecule has 11 nitrogen and oxygen atoms in total. The molecule has 4 aliphatic heterocycles. The van der Waals surface area contributed by atoms with Crippen LogP contribution in [-0.4, -0.2) is 81.3 Å². The van der Waals surface area contributed by atoms with E-state index in [4.69, 9.17) is 43.4 Å². The lowest BCUT2D eigenvalue weighted by Crippen LogP contribution is -2.43. The van der Waals surface area contributed by atoms with Gasteiger partial charge >= 0.3 is 12.2 Å². The first kappa shape index (κ1) is 36.6. The van der Waals surface area contributed by atoms with Gasteiger partial charge in [0.15, 0.2) is 11.5 Å². The molecule has 2 atom stereocenters. The lowest BCUT2D eigenvalue weighted by Gasteiger charge is -2.33. The molecule has 6 heterocycles. The fraction of sp³-hybridized carbons (Fsp3) is 0.515. The summed E-state index contributed by atoms with van der Waals surface area (Å²) < 4.78 is 99.4. The summed E-state index contributed by atoms with van der Waals surface area (Å²) in [4.78, 5) is 27.3. The number of hydrogen-bond acceptors (Lipinski definition) is 9. The highest BCUT2D eigenvalue weighted by Gasteiger charge is 2.49. The standard InChI is InChI=1S/C33H34Cl2F6N8O3/c1-46(2)30(50)27-25(35)21-13-47(6-4-8-49(21)45-27)29-17-14-51-22(23-24(33(39,40)41)18(34)9-19(42)26(23)36)10-20(17)43-31(44-29)52-15-32-5-3-7-48(32)12-16(11-32)28(37)38/h9,22H,3-8,10-15,42H2,1-2H3/t22-,32+/m1/s1. The molecule has 2 N–H and O–H groups in total. The smallest absolute Gasteiger partial charge is 0.418 e. The average Bonchev–Trinajstić information content (AvgIpc) is 3.68. The van der Waals surface area contributed by atoms with Crippen LogP contribution in [0.15, 0.2) is 17.7 Å². The summed E-state index contributed by atoms with van der Waals surface area (Å²) in [6, 6.07) is 0.575. The van der Waals surface area contributed by atoms with E-state index >= 15 is 4.39 Å². The number of alkyl halides is 3. The fourth-order valence-electron chi connectivity index (χ4n) is 7.67. The Labute approximate surface area is 304 Å². The maximum absolute atomic E-state index is 15.5. The van der Waals surface area contributed by atoms with Crippen LogP contribution >= 0.6 is 23.2 Å². The number of anilines is 2. The van der Waals surface area contributed by atoms with Crippen LogP contribution < -0.4 is 15.4 Å². The van der Waals surface area contributed by atoms with E-state index in [0.717, 1.165) is 6.42 Å². The molecular weight excluding hydrogens is 741 g/mol. The summed E-state index contributed by atoms with van der Waals surface area (Å²) in [5.41, 5.74) is 3.53. The number of nitrogen functional groups attached to an aromatic ring is 1. The van der Waals surface area contributed by atoms with Crippen molar-refractivity contribution in [3.63, 3.8) is 0 Å². The van der Waals surface area contributed by atoms with Crippen molar-refractivity contribution in [3.05, 3.63) is 67.4 Å². The molecule has 19 heteroatoms. The molecule has 52 heavy (non-hydrogen) atoms. The molecule has 0 unspecified atom stereocenters. The lowest BCUT2D eigenvalue weighted by atomic mass is 9.93. The quantitative estimate of drug-likeness (QED) is 0.224. The Balaban J connectivity index is 1.29. The van der Waals surface area contributed by atoms with E-state index in [0.29, 0.717) is 55.6 Å². The van der Waals surface area contributed by atoms with Gasteiger partial charge in [0.2, 0.25) is 0 Å². The van der Waals surface area contributed by atoms with Crippen molar-refractivity contribution in [2.24, 2.45) is 0 Å². The first-order valence-corrected chi connectivity index (χ1v) is 17.3. The van der Waals surface area contributed by atoms with E-state index in [9.17, 15) is 26.7 Å². The Hall–Kier alpha value is -3.80. The summed E-state index contributed by atoms with van der Waals surface area (Å²) in [5, 5.41) is 3.85. The third-order valence-corrected chi connectivity index (χ3v) is 10.9. The number of carbonyl (C=O) groups is 1. The summed E-state index contributed by atoms with van der Waals surface area (Å²) >= 11 is 12.7. The molecule has 2 saturated heterocycles. The Bertz CT molecular complexity index is 1970. The van der Waals surface area contributed by atoms with Crippen LogP contribution in [0.25, 0.3) is 0 Å². The Morgan fingerprint density at radius 2 is 1.92 bits per heavy atom. The van der Waals surface area contributed by atoms with Crippen molar-refractivity contribution in [2.45, 2.75) is 69.6 Å². The molecule has 0 saturated carbocycles. The number of benzene rings is 1. The van der Waals surface area contributed by atoms with Crippen LogP contribution in [0.5, 0.6) is 6.01 Å². The van der Waals surface area contributed by atoms with Gasteiger partial charge in [-0.1, -0.05) is 23.2 Å². The van der Waals surface area contributed by atoms with Crippen LogP contribution in [0.3, 0.4) is 0 Å². The second kappa shape index (κ2) is 13.6. The third-order valence-electron chi connectivity index (χ3n) is 10.2. The zero-order chi connectivity index (χ0) is 37.3. The van der Waals surface area contributed by atoms with Gasteiger partial charge in [0, 0.05) is 56.9 Å². The van der Waals surface area contributed by atoms with E-state index in [1.165, 1.54) is 4.90 Å². The van der Waals surface area contributed by atoms with E-state index in [1.54, 1.807) is 18.8 Å². The van der Waals surface area contributed by atoms with Gasteiger partial charge in [-0.15, -0.1) is 0 Å². The van der Waals surface area contributed by atoms with Gasteiger partial charge in [0.25, 0.3) is 12.0 Å². The number of halogens is 8. The third kappa shape index (κ3) is 6.43. The van der Waals surface area contributed by atoms with Gasteiger partial charge in [-0.25, -0.2) is 4.39 Å². The number of nitrogens with two attached hydrogens (primary N) is 1. The van der Waals surface area contributed by atoms with Crippen molar-refractivity contribution in [3.8, 4) is 6.01 Å². The van der Waals surface area contributed by atoms with Crippen LogP contribution in [0, 0.1) is 5.82 Å². The molecule has 0 spiro atoms. The minimum atomic E-state index is -5.03. The van der Waals surface area contributed by atoms with E-state index in [-0.39, 0.29) is 73.0 Å². The molecular formula is C33H34Cl2F6N8O3. The number of aryl methyl sites for hydroxylation is 1. The number of rotatable bonds is 6. The minimum Gasteiger partial charge on any atom is -0.461 e. The van der Waals surface area contributed by atoms with Crippen molar-refractivity contribution in [1.82, 2.24) is 29.5 Å². The van der Waals surface area contributed by atoms with Crippen molar-refractivity contribution in [1.29, 1.82) is 0 Å². The van der Waals surface area contributed by atoms with E-state index in [2.05, 4.69) is 10.1 Å². The summed E-state index contributed by atoms with van der Waals surface area (Å²) in [6.07, 6.45) is -6.51. The number of fused-ring (bicyclic) bond motifs is 3. The van der Waals surface area contributed by atoms with E-state index < -0.39 is 51.6 Å². The minimum absolute atomic E-state index is 0.0196. The Kier molecular flexibility index (Phi) is 9.53. The van der Waals surface area contributed by atoms with Crippen LogP contribution in [0.1, 0.15) is 70.4 Å². The summed E-state index contributed by atoms with van der Waals surface area (Å²) in [6.45, 7) is 1.39. The average molecular weight is 776 g/mol. The van der Waals surface area contributed by atoms with Gasteiger partial charge in [0.1, 0.15) is 12.4 Å². The maximum Gasteiger partial charge on any atom is 0.418 e. The predicted octanol–water partition coefficient (Wildman–Crippen LogP) is 6.41. The van der Waals surface area contributed by atoms with Gasteiger partial charge < -0.3 is 25.0 Å². The SMILES string of the molecule is CN(C)C(=O)c1nn2c(c1Cl)CN(c1nc(OC[C@@]34CCCN3CC(=C(F)F)C4)nc3c1CO[C@@H](c1c(F)c(N)cc(Cl)c1C(F)(F)F)C3)CCC2. The van der Waals surface area contributed by atoms with Gasteiger partial charge in [0.05, 0.1) is 57.5 Å². The second-order valence-corrected chi connectivity index (χ2v) is 14.5. The molecule has 7 rings (SSSR count). The number of amides is 1. The fourth-order valence-corrected chi connectivity index (χ4v) is 8.28. The predicted molar refractivity (Wildman–Crippen MR) is 178 cm³/mol. The zero-order valence-corrected chi connectivity index (χ0v) is 29.6. The summed E-state index contributed by atoms with van der Waals surface area (Å²) in [5.74, 6) is -1.36. The number of carbonyl (C=O) groups excluding carboxylic acids is 1. The topological polar surface area (TPSA) is 115 Å². The van der Waals surface area contributed by atoms with Gasteiger partial charge in [-0.05, 0) is 38.3 Å². The number of hydrogen-bond donors (Lipinski definition) is 1. The van der Waals surface area contributed by atoms with Crippen LogP contribution in [-0.2, 0) is 37.0 Å². The van der Waals surface area contributed by atoms with Gasteiger partial charge in [-0.2, -0.15) is 37.0 Å². The van der Waals surface area contributed by atoms with Crippen LogP contribution in [0.2, 0.25) is 10.0 Å². The number of aromatic nitrogens is 4. The molecule has 3 aromatic rings. The highest BCUT2D eigenvalue weighted by Crippen LogP contribution is 2.47. The van der Waals surface area contributed by atoms with Crippen molar-refractivity contribution >= 4 is 40.6 Å². The second-order valence-electron chi connectivity index (χ2n) is 13.7. The van der Waals surface area contributed by atoms with E-state index in [1.807, 2.05) is 9.80 Å². The summed E-state index contributed by atoms with van der Waals surface area (Å²) in [7, 11) is 3.17. The highest BCUT2D eigenvalue weighted by molar-refractivity contribution is 6.34. The molecule has 1 aromatic carbocycles. The monoisotopic (exact) mass is 774 g/mol. The van der Waals surface area contributed by atoms with Crippen LogP contribution in [0.4, 0.5) is 37.8 Å². The van der Waals surface area contributed by atoms with Crippen molar-refractivity contribution in [2.75, 3.05) is 51.0 Å². The number of nitrogens with zero attached hydrogens (tertiary/aromatic N) is 7. The molecule has 1 amide bonds. The molecule has 280 valence electrons. The normalized spacial score (nSPS) is 21.8. The first-order valence-electron chi connectivity index (χ1n) is 16.6. The molecule has 2 aromatic heterocycles. The molecule has 0 radical (unpaired) electrons. The molecule has 2 fully saturated rings. The zero-order valence-electron chi connectivity index (χ0n) is 28.1. The lowest BCUT2D eigenvalue weighted by molar-refractivity contribution is -0.140. The maximum atomic E-state index is 15.5. The largest absolute Gasteiger partial charge is 0.461 e.